The Bertz CT molecular complexity index is 1570. The minimum absolute atomic E-state index is 0.0226. The maximum Gasteiger partial charge on any atom is 0.335 e. The van der Waals surface area contributed by atoms with Gasteiger partial charge in [-0.3, -0.25) is 10.1 Å². The number of nitrogens with one attached hydrogen (secondary N) is 1. The summed E-state index contributed by atoms with van der Waals surface area (Å²) in [6, 6.07) is 13.2. The Hall–Kier alpha value is -4.40. The number of carboxylic acids is 1. The molecule has 0 aliphatic rings. The molecule has 0 saturated carbocycles. The molecule has 0 atom stereocenters. The van der Waals surface area contributed by atoms with Crippen LogP contribution >= 0.6 is 0 Å². The van der Waals surface area contributed by atoms with Gasteiger partial charge in [0.25, 0.3) is 5.69 Å². The molecule has 37 heavy (non-hydrogen) atoms. The fourth-order valence-electron chi connectivity index (χ4n) is 3.76. The van der Waals surface area contributed by atoms with Gasteiger partial charge in [0.05, 0.1) is 16.7 Å². The standard InChI is InChI=1S/C23H23N7O6S/c24-9-12-28(37(35,36)20-7-2-1-6-19(20)30(33)34)13-10-25-21-8-11-29-22(27-21)18(15-26-29)16-4-3-5-17(14-16)23(31)32/h1-8,11,14-15H,9-10,12-13,24H2,(H,25,27)(H,31,32). The van der Waals surface area contributed by atoms with E-state index in [9.17, 15) is 28.4 Å². The highest BCUT2D eigenvalue weighted by Crippen LogP contribution is 2.27. The normalized spacial score (nSPS) is 11.6. The Labute approximate surface area is 211 Å². The van der Waals surface area contributed by atoms with Gasteiger partial charge in [-0.25, -0.2) is 22.7 Å². The topological polar surface area (TPSA) is 186 Å². The summed E-state index contributed by atoms with van der Waals surface area (Å²) in [5.74, 6) is -0.620. The summed E-state index contributed by atoms with van der Waals surface area (Å²) in [5, 5.41) is 27.9. The summed E-state index contributed by atoms with van der Waals surface area (Å²) < 4.78 is 29.0. The quantitative estimate of drug-likeness (QED) is 0.193. The van der Waals surface area contributed by atoms with Gasteiger partial charge < -0.3 is 16.2 Å². The van der Waals surface area contributed by atoms with Crippen molar-refractivity contribution in [2.45, 2.75) is 4.90 Å². The van der Waals surface area contributed by atoms with Crippen molar-refractivity contribution in [1.82, 2.24) is 18.9 Å². The fraction of sp³-hybridized carbons (Fsp3) is 0.174. The summed E-state index contributed by atoms with van der Waals surface area (Å²) >= 11 is 0. The largest absolute Gasteiger partial charge is 0.478 e. The van der Waals surface area contributed by atoms with Crippen LogP contribution in [0.25, 0.3) is 16.8 Å². The zero-order valence-corrected chi connectivity index (χ0v) is 20.2. The second-order valence-corrected chi connectivity index (χ2v) is 9.78. The van der Waals surface area contributed by atoms with Crippen LogP contribution in [0.4, 0.5) is 11.5 Å². The first-order valence-corrected chi connectivity index (χ1v) is 12.5. The highest BCUT2D eigenvalue weighted by atomic mass is 32.2. The number of anilines is 1. The van der Waals surface area contributed by atoms with E-state index in [0.29, 0.717) is 22.6 Å². The van der Waals surface area contributed by atoms with Crippen molar-refractivity contribution in [3.63, 3.8) is 0 Å². The lowest BCUT2D eigenvalue weighted by molar-refractivity contribution is -0.387. The number of nitrogens with zero attached hydrogens (tertiary/aromatic N) is 5. The third-order valence-corrected chi connectivity index (χ3v) is 7.46. The molecule has 13 nitrogen and oxygen atoms in total. The van der Waals surface area contributed by atoms with Crippen molar-refractivity contribution in [1.29, 1.82) is 0 Å². The number of aromatic carboxylic acids is 1. The first-order valence-electron chi connectivity index (χ1n) is 11.1. The summed E-state index contributed by atoms with van der Waals surface area (Å²) in [5.41, 5.74) is 6.96. The molecule has 4 N–H and O–H groups in total. The highest BCUT2D eigenvalue weighted by Gasteiger charge is 2.30. The van der Waals surface area contributed by atoms with Crippen molar-refractivity contribution < 1.29 is 23.2 Å². The van der Waals surface area contributed by atoms with Gasteiger partial charge in [0.1, 0.15) is 5.82 Å². The lowest BCUT2D eigenvalue weighted by Gasteiger charge is -2.21. The molecule has 0 radical (unpaired) electrons. The fourth-order valence-corrected chi connectivity index (χ4v) is 5.37. The second kappa shape index (κ2) is 10.7. The summed E-state index contributed by atoms with van der Waals surface area (Å²) in [7, 11) is -4.18. The van der Waals surface area contributed by atoms with E-state index in [0.717, 1.165) is 10.4 Å². The van der Waals surface area contributed by atoms with Crippen LogP contribution < -0.4 is 11.1 Å². The molecule has 0 amide bonds. The SMILES string of the molecule is NCCN(CCNc1ccn2ncc(-c3cccc(C(=O)O)c3)c2n1)S(=O)(=O)c1ccccc1[N+](=O)[O-]. The van der Waals surface area contributed by atoms with E-state index in [1.165, 1.54) is 34.8 Å². The van der Waals surface area contributed by atoms with Gasteiger partial charge in [-0.1, -0.05) is 24.3 Å². The van der Waals surface area contributed by atoms with E-state index < -0.39 is 31.5 Å². The molecule has 0 saturated heterocycles. The van der Waals surface area contributed by atoms with Crippen LogP contribution in [-0.2, 0) is 10.0 Å². The Morgan fingerprint density at radius 3 is 2.68 bits per heavy atom. The van der Waals surface area contributed by atoms with Crippen molar-refractivity contribution in [2.75, 3.05) is 31.5 Å². The third-order valence-electron chi connectivity index (χ3n) is 5.52. The van der Waals surface area contributed by atoms with Crippen LogP contribution in [0.15, 0.2) is 71.9 Å². The molecule has 4 aromatic rings. The van der Waals surface area contributed by atoms with Crippen molar-refractivity contribution in [3.8, 4) is 11.1 Å². The molecule has 0 fully saturated rings. The monoisotopic (exact) mass is 525 g/mol. The van der Waals surface area contributed by atoms with Crippen LogP contribution in [0, 0.1) is 10.1 Å². The van der Waals surface area contributed by atoms with Gasteiger partial charge >= 0.3 is 5.97 Å². The molecule has 0 aliphatic heterocycles. The molecule has 0 spiro atoms. The number of nitro groups is 1. The number of sulfonamides is 1. The van der Waals surface area contributed by atoms with E-state index in [1.807, 2.05) is 0 Å². The molecule has 2 heterocycles. The van der Waals surface area contributed by atoms with Crippen molar-refractivity contribution in [2.24, 2.45) is 5.73 Å². The van der Waals surface area contributed by atoms with E-state index >= 15 is 0 Å². The summed E-state index contributed by atoms with van der Waals surface area (Å²) in [6.45, 7) is 0.111. The molecule has 0 aliphatic carbocycles. The maximum absolute atomic E-state index is 13.2. The minimum atomic E-state index is -4.18. The predicted octanol–water partition coefficient (Wildman–Crippen LogP) is 2.06. The molecule has 0 bridgehead atoms. The first kappa shape index (κ1) is 25.7. The van der Waals surface area contributed by atoms with Gasteiger partial charge in [-0.15, -0.1) is 0 Å². The predicted molar refractivity (Wildman–Crippen MR) is 135 cm³/mol. The Kier molecular flexibility index (Phi) is 7.42. The number of hydrogen-bond donors (Lipinski definition) is 3. The van der Waals surface area contributed by atoms with Crippen LogP contribution in [0.5, 0.6) is 0 Å². The van der Waals surface area contributed by atoms with E-state index in [1.54, 1.807) is 30.6 Å². The lowest BCUT2D eigenvalue weighted by Crippen LogP contribution is -2.38. The molecule has 0 unspecified atom stereocenters. The average Bonchev–Trinajstić information content (AvgIpc) is 3.31. The zero-order chi connectivity index (χ0) is 26.6. The zero-order valence-electron chi connectivity index (χ0n) is 19.4. The highest BCUT2D eigenvalue weighted by molar-refractivity contribution is 7.89. The molecule has 14 heteroatoms. The van der Waals surface area contributed by atoms with Crippen LogP contribution in [0.1, 0.15) is 10.4 Å². The number of hydrogen-bond acceptors (Lipinski definition) is 9. The van der Waals surface area contributed by atoms with Crippen molar-refractivity contribution in [3.05, 3.63) is 82.7 Å². The summed E-state index contributed by atoms with van der Waals surface area (Å²) in [4.78, 5) is 26.1. The number of carbonyl (C=O) groups is 1. The van der Waals surface area contributed by atoms with Crippen molar-refractivity contribution >= 4 is 33.1 Å². The number of benzene rings is 2. The number of para-hydroxylation sites is 1. The lowest BCUT2D eigenvalue weighted by atomic mass is 10.1. The van der Waals surface area contributed by atoms with Gasteiger partial charge in [0.2, 0.25) is 10.0 Å². The Morgan fingerprint density at radius 2 is 1.95 bits per heavy atom. The minimum Gasteiger partial charge on any atom is -0.478 e. The molecule has 4 rings (SSSR count). The maximum atomic E-state index is 13.2. The molecule has 192 valence electrons. The third kappa shape index (κ3) is 5.40. The number of rotatable bonds is 11. The second-order valence-electron chi connectivity index (χ2n) is 7.87. The van der Waals surface area contributed by atoms with E-state index in [2.05, 4.69) is 15.4 Å². The van der Waals surface area contributed by atoms with Gasteiger partial charge in [-0.05, 0) is 29.8 Å². The molecular weight excluding hydrogens is 502 g/mol. The number of carboxylic acid groups (broad SMARTS) is 1. The van der Waals surface area contributed by atoms with Gasteiger partial charge in [-0.2, -0.15) is 9.40 Å². The van der Waals surface area contributed by atoms with Gasteiger partial charge in [0.15, 0.2) is 10.5 Å². The van der Waals surface area contributed by atoms with Crippen LogP contribution in [0.3, 0.4) is 0 Å². The average molecular weight is 526 g/mol. The number of aromatic nitrogens is 3. The van der Waals surface area contributed by atoms with E-state index in [-0.39, 0.29) is 31.7 Å². The van der Waals surface area contributed by atoms with Gasteiger partial charge in [0, 0.05) is 44.0 Å². The Morgan fingerprint density at radius 1 is 1.16 bits per heavy atom. The van der Waals surface area contributed by atoms with E-state index in [4.69, 9.17) is 5.73 Å². The van der Waals surface area contributed by atoms with Crippen LogP contribution in [-0.4, -0.2) is 69.5 Å². The molecule has 2 aromatic carbocycles. The molecule has 2 aromatic heterocycles. The number of fused-ring (bicyclic) bond motifs is 1. The van der Waals surface area contributed by atoms with Crippen LogP contribution in [0.2, 0.25) is 0 Å². The first-order chi connectivity index (χ1) is 17.7. The number of nitro benzene ring substituents is 1. The number of nitrogens with two attached hydrogens (primary N) is 1. The summed E-state index contributed by atoms with van der Waals surface area (Å²) in [6.07, 6.45) is 3.24. The Balaban J connectivity index is 1.54. The smallest absolute Gasteiger partial charge is 0.335 e. The molecular formula is C23H23N7O6S.